The van der Waals surface area contributed by atoms with Crippen molar-refractivity contribution in [2.75, 3.05) is 6.54 Å². The molecule has 0 spiro atoms. The molecule has 4 heteroatoms. The normalized spacial score (nSPS) is 11.0. The van der Waals surface area contributed by atoms with Crippen LogP contribution in [0, 0.1) is 0 Å². The van der Waals surface area contributed by atoms with Gasteiger partial charge in [0.05, 0.1) is 6.10 Å². The highest BCUT2D eigenvalue weighted by Crippen LogP contribution is 2.27. The number of oxazole rings is 1. The fourth-order valence-corrected chi connectivity index (χ4v) is 2.00. The Morgan fingerprint density at radius 2 is 2.20 bits per heavy atom. The summed E-state index contributed by atoms with van der Waals surface area (Å²) in [5.41, 5.74) is 1.93. The van der Waals surface area contributed by atoms with Crippen LogP contribution in [0.4, 0.5) is 0 Å². The van der Waals surface area contributed by atoms with Crippen LogP contribution in [-0.4, -0.2) is 17.6 Å². The van der Waals surface area contributed by atoms with Crippen molar-refractivity contribution < 1.29 is 9.15 Å². The molecule has 108 valence electrons. The molecule has 1 N–H and O–H groups in total. The Morgan fingerprint density at radius 1 is 1.35 bits per heavy atom. The smallest absolute Gasteiger partial charge is 0.181 e. The number of hydrogen-bond donors (Lipinski definition) is 1. The van der Waals surface area contributed by atoms with Gasteiger partial charge >= 0.3 is 0 Å². The number of benzene rings is 1. The van der Waals surface area contributed by atoms with Gasteiger partial charge < -0.3 is 14.5 Å². The molecular formula is C16H22N2O2. The van der Waals surface area contributed by atoms with Crippen molar-refractivity contribution in [1.29, 1.82) is 0 Å². The average molecular weight is 274 g/mol. The van der Waals surface area contributed by atoms with E-state index >= 15 is 0 Å². The second-order valence-corrected chi connectivity index (χ2v) is 5.00. The molecule has 0 atom stereocenters. The number of hydrogen-bond acceptors (Lipinski definition) is 4. The van der Waals surface area contributed by atoms with Crippen LogP contribution in [0.25, 0.3) is 11.3 Å². The van der Waals surface area contributed by atoms with Crippen LogP contribution >= 0.6 is 0 Å². The summed E-state index contributed by atoms with van der Waals surface area (Å²) < 4.78 is 11.2. The fourth-order valence-electron chi connectivity index (χ4n) is 2.00. The number of ether oxygens (including phenoxy) is 1. The Bertz CT molecular complexity index is 535. The summed E-state index contributed by atoms with van der Waals surface area (Å²) >= 11 is 0. The highest BCUT2D eigenvalue weighted by atomic mass is 16.5. The van der Waals surface area contributed by atoms with E-state index in [4.69, 9.17) is 9.15 Å². The lowest BCUT2D eigenvalue weighted by molar-refractivity contribution is 0.242. The molecule has 0 aliphatic carbocycles. The van der Waals surface area contributed by atoms with Gasteiger partial charge in [0.2, 0.25) is 0 Å². The monoisotopic (exact) mass is 274 g/mol. The lowest BCUT2D eigenvalue weighted by Gasteiger charge is -2.10. The minimum absolute atomic E-state index is 0.158. The molecule has 0 radical (unpaired) electrons. The van der Waals surface area contributed by atoms with E-state index in [0.717, 1.165) is 42.3 Å². The summed E-state index contributed by atoms with van der Waals surface area (Å²) in [5.74, 6) is 1.66. The first-order valence-corrected chi connectivity index (χ1v) is 7.11. The number of nitrogens with zero attached hydrogens (tertiary/aromatic N) is 1. The third kappa shape index (κ3) is 3.84. The Kier molecular flexibility index (Phi) is 5.18. The van der Waals surface area contributed by atoms with Crippen LogP contribution in [0.2, 0.25) is 0 Å². The Labute approximate surface area is 120 Å². The van der Waals surface area contributed by atoms with Crippen molar-refractivity contribution in [3.63, 3.8) is 0 Å². The van der Waals surface area contributed by atoms with E-state index in [2.05, 4.69) is 17.2 Å². The number of rotatable bonds is 7. The zero-order valence-corrected chi connectivity index (χ0v) is 12.3. The summed E-state index contributed by atoms with van der Waals surface area (Å²) in [6.07, 6.45) is 2.75. The number of nitrogens with one attached hydrogen (secondary N) is 1. The molecule has 4 nitrogen and oxygen atoms in total. The lowest BCUT2D eigenvalue weighted by Crippen LogP contribution is -2.14. The first-order chi connectivity index (χ1) is 9.70. The lowest BCUT2D eigenvalue weighted by atomic mass is 10.1. The first kappa shape index (κ1) is 14.6. The molecule has 2 aromatic rings. The van der Waals surface area contributed by atoms with Gasteiger partial charge in [-0.25, -0.2) is 4.98 Å². The maximum Gasteiger partial charge on any atom is 0.181 e. The Morgan fingerprint density at radius 3 is 2.95 bits per heavy atom. The summed E-state index contributed by atoms with van der Waals surface area (Å²) in [7, 11) is 0. The minimum Gasteiger partial charge on any atom is -0.491 e. The van der Waals surface area contributed by atoms with Crippen LogP contribution in [0.1, 0.15) is 32.9 Å². The fraction of sp³-hybridized carbons (Fsp3) is 0.438. The molecule has 0 saturated heterocycles. The maximum atomic E-state index is 5.71. The van der Waals surface area contributed by atoms with Crippen molar-refractivity contribution in [2.24, 2.45) is 0 Å². The quantitative estimate of drug-likeness (QED) is 0.783. The van der Waals surface area contributed by atoms with Crippen LogP contribution < -0.4 is 10.1 Å². The summed E-state index contributed by atoms with van der Waals surface area (Å²) in [5, 5.41) is 3.34. The molecule has 1 aromatic carbocycles. The first-order valence-electron chi connectivity index (χ1n) is 7.11. The summed E-state index contributed by atoms with van der Waals surface area (Å²) in [4.78, 5) is 4.29. The van der Waals surface area contributed by atoms with E-state index in [0.29, 0.717) is 0 Å². The maximum absolute atomic E-state index is 5.71. The van der Waals surface area contributed by atoms with Gasteiger partial charge in [-0.15, -0.1) is 0 Å². The molecule has 0 aliphatic heterocycles. The van der Waals surface area contributed by atoms with Gasteiger partial charge in [-0.05, 0) is 38.9 Å². The molecule has 0 aliphatic rings. The van der Waals surface area contributed by atoms with Gasteiger partial charge in [-0.2, -0.15) is 0 Å². The predicted molar refractivity (Wildman–Crippen MR) is 79.7 cm³/mol. The van der Waals surface area contributed by atoms with Gasteiger partial charge in [0.1, 0.15) is 11.4 Å². The predicted octanol–water partition coefficient (Wildman–Crippen LogP) is 3.63. The Balaban J connectivity index is 2.16. The topological polar surface area (TPSA) is 47.3 Å². The van der Waals surface area contributed by atoms with Gasteiger partial charge in [-0.1, -0.05) is 19.1 Å². The summed E-state index contributed by atoms with van der Waals surface area (Å²) in [6, 6.07) is 7.93. The highest BCUT2D eigenvalue weighted by molar-refractivity contribution is 5.61. The molecule has 1 heterocycles. The highest BCUT2D eigenvalue weighted by Gasteiger charge is 2.11. The van der Waals surface area contributed by atoms with Crippen LogP contribution in [-0.2, 0) is 6.54 Å². The molecular weight excluding hydrogens is 252 g/mol. The molecule has 20 heavy (non-hydrogen) atoms. The molecule has 1 aromatic heterocycles. The van der Waals surface area contributed by atoms with Crippen molar-refractivity contribution in [2.45, 2.75) is 39.8 Å². The number of aromatic nitrogens is 1. The van der Waals surface area contributed by atoms with E-state index in [-0.39, 0.29) is 6.10 Å². The van der Waals surface area contributed by atoms with E-state index in [9.17, 15) is 0 Å². The van der Waals surface area contributed by atoms with Crippen LogP contribution in [0.15, 0.2) is 35.1 Å². The second-order valence-electron chi connectivity index (χ2n) is 5.00. The van der Waals surface area contributed by atoms with Gasteiger partial charge in [0, 0.05) is 12.1 Å². The molecule has 0 bridgehead atoms. The van der Waals surface area contributed by atoms with Crippen molar-refractivity contribution >= 4 is 0 Å². The molecule has 0 unspecified atom stereocenters. The third-order valence-electron chi connectivity index (χ3n) is 2.83. The second kappa shape index (κ2) is 7.10. The van der Waals surface area contributed by atoms with Crippen LogP contribution in [0.5, 0.6) is 5.75 Å². The molecule has 0 fully saturated rings. The Hall–Kier alpha value is -1.81. The summed E-state index contributed by atoms with van der Waals surface area (Å²) in [6.45, 7) is 7.86. The molecule has 2 rings (SSSR count). The minimum atomic E-state index is 0.158. The standard InChI is InChI=1S/C16H22N2O2/c1-4-8-17-10-15-16(19-11-18-15)13-6-5-7-14(9-13)20-12(2)3/h5-7,9,11-12,17H,4,8,10H2,1-3H3. The zero-order valence-electron chi connectivity index (χ0n) is 12.3. The SMILES string of the molecule is CCCNCc1ncoc1-c1cccc(OC(C)C)c1. The van der Waals surface area contributed by atoms with E-state index in [1.165, 1.54) is 6.39 Å². The largest absolute Gasteiger partial charge is 0.491 e. The van der Waals surface area contributed by atoms with Gasteiger partial charge in [0.25, 0.3) is 0 Å². The third-order valence-corrected chi connectivity index (χ3v) is 2.83. The van der Waals surface area contributed by atoms with Gasteiger partial charge in [-0.3, -0.25) is 0 Å². The van der Waals surface area contributed by atoms with Crippen molar-refractivity contribution in [1.82, 2.24) is 10.3 Å². The average Bonchev–Trinajstić information content (AvgIpc) is 2.87. The molecule has 0 saturated carbocycles. The van der Waals surface area contributed by atoms with Crippen molar-refractivity contribution in [3.8, 4) is 17.1 Å². The van der Waals surface area contributed by atoms with Crippen molar-refractivity contribution in [3.05, 3.63) is 36.4 Å². The van der Waals surface area contributed by atoms with E-state index in [1.807, 2.05) is 38.1 Å². The van der Waals surface area contributed by atoms with E-state index < -0.39 is 0 Å². The van der Waals surface area contributed by atoms with E-state index in [1.54, 1.807) is 0 Å². The molecule has 0 amide bonds. The van der Waals surface area contributed by atoms with Crippen LogP contribution in [0.3, 0.4) is 0 Å². The zero-order chi connectivity index (χ0) is 14.4. The van der Waals surface area contributed by atoms with Gasteiger partial charge in [0.15, 0.2) is 12.2 Å².